The zero-order valence-electron chi connectivity index (χ0n) is 19.5. The third-order valence-corrected chi connectivity index (χ3v) is 6.49. The quantitative estimate of drug-likeness (QED) is 0.516. The van der Waals surface area contributed by atoms with Crippen LogP contribution >= 0.6 is 11.6 Å². The van der Waals surface area contributed by atoms with Gasteiger partial charge in [0.05, 0.1) is 6.54 Å². The summed E-state index contributed by atoms with van der Waals surface area (Å²) >= 11 is 6.02. The lowest BCUT2D eigenvalue weighted by molar-refractivity contribution is -0.274. The average molecular weight is 539 g/mol. The van der Waals surface area contributed by atoms with Crippen molar-refractivity contribution in [2.75, 3.05) is 16.4 Å². The lowest BCUT2D eigenvalue weighted by Gasteiger charge is -2.37. The molecule has 0 fully saturated rings. The Morgan fingerprint density at radius 1 is 1.16 bits per heavy atom. The van der Waals surface area contributed by atoms with Gasteiger partial charge in [-0.2, -0.15) is 0 Å². The second kappa shape index (κ2) is 9.34. The minimum atomic E-state index is -4.86. The van der Waals surface area contributed by atoms with Gasteiger partial charge in [0.15, 0.2) is 0 Å². The SMILES string of the molecule is Cn1c2c(c(=O)n(CCCO)c1=O)N(Cc1ccc(Cl)cc1)C1Oc3cc(OC(F)(F)F)ccc3CN21. The van der Waals surface area contributed by atoms with E-state index >= 15 is 0 Å². The number of halogens is 4. The van der Waals surface area contributed by atoms with Gasteiger partial charge < -0.3 is 19.5 Å². The number of aliphatic hydroxyl groups is 1. The van der Waals surface area contributed by atoms with Crippen LogP contribution in [0.3, 0.4) is 0 Å². The van der Waals surface area contributed by atoms with E-state index in [9.17, 15) is 27.9 Å². The van der Waals surface area contributed by atoms with E-state index in [1.807, 2.05) is 0 Å². The molecule has 1 atom stereocenters. The number of aromatic nitrogens is 2. The minimum absolute atomic E-state index is 0.0218. The van der Waals surface area contributed by atoms with E-state index in [2.05, 4.69) is 4.74 Å². The Morgan fingerprint density at radius 3 is 2.57 bits per heavy atom. The molecule has 0 amide bonds. The molecule has 2 aliphatic heterocycles. The van der Waals surface area contributed by atoms with E-state index in [1.165, 1.54) is 23.7 Å². The number of aliphatic hydroxyl groups excluding tert-OH is 1. The molecule has 196 valence electrons. The molecule has 1 aromatic heterocycles. The first kappa shape index (κ1) is 25.0. The Balaban J connectivity index is 1.62. The molecule has 1 unspecified atom stereocenters. The first-order valence-corrected chi connectivity index (χ1v) is 11.7. The molecule has 2 aromatic carbocycles. The van der Waals surface area contributed by atoms with Crippen LogP contribution in [0.1, 0.15) is 17.5 Å². The van der Waals surface area contributed by atoms with Crippen molar-refractivity contribution in [2.24, 2.45) is 7.05 Å². The van der Waals surface area contributed by atoms with Gasteiger partial charge in [-0.15, -0.1) is 13.2 Å². The van der Waals surface area contributed by atoms with Crippen LogP contribution in [-0.4, -0.2) is 33.6 Å². The summed E-state index contributed by atoms with van der Waals surface area (Å²) in [6.45, 7) is 0.182. The highest BCUT2D eigenvalue weighted by Crippen LogP contribution is 2.44. The number of anilines is 2. The van der Waals surface area contributed by atoms with Crippen molar-refractivity contribution in [1.29, 1.82) is 0 Å². The number of fused-ring (bicyclic) bond motifs is 4. The molecule has 0 bridgehead atoms. The zero-order chi connectivity index (χ0) is 26.5. The van der Waals surface area contributed by atoms with E-state index in [0.29, 0.717) is 16.4 Å². The predicted octanol–water partition coefficient (Wildman–Crippen LogP) is 3.18. The first-order chi connectivity index (χ1) is 17.6. The second-order valence-electron chi connectivity index (χ2n) is 8.69. The van der Waals surface area contributed by atoms with Crippen molar-refractivity contribution >= 4 is 23.1 Å². The number of hydrogen-bond donors (Lipinski definition) is 1. The monoisotopic (exact) mass is 538 g/mol. The molecule has 0 aliphatic carbocycles. The van der Waals surface area contributed by atoms with Crippen molar-refractivity contribution in [3.8, 4) is 11.5 Å². The molecule has 37 heavy (non-hydrogen) atoms. The molecule has 5 rings (SSSR count). The maximum atomic E-state index is 13.6. The van der Waals surface area contributed by atoms with Crippen molar-refractivity contribution in [3.05, 3.63) is 79.5 Å². The Kier molecular flexibility index (Phi) is 6.32. The Morgan fingerprint density at radius 2 is 1.89 bits per heavy atom. The molecule has 9 nitrogen and oxygen atoms in total. The van der Waals surface area contributed by atoms with E-state index in [1.54, 1.807) is 34.1 Å². The summed E-state index contributed by atoms with van der Waals surface area (Å²) < 4.78 is 50.9. The Labute approximate surface area is 213 Å². The fraction of sp³-hybridized carbons (Fsp3) is 0.333. The van der Waals surface area contributed by atoms with Crippen LogP contribution in [0.4, 0.5) is 24.7 Å². The minimum Gasteiger partial charge on any atom is -0.452 e. The van der Waals surface area contributed by atoms with Crippen molar-refractivity contribution in [2.45, 2.75) is 38.8 Å². The molecular formula is C24H22ClF3N4O5. The van der Waals surface area contributed by atoms with Crippen molar-refractivity contribution < 1.29 is 27.8 Å². The maximum absolute atomic E-state index is 13.6. The fourth-order valence-corrected chi connectivity index (χ4v) is 4.75. The Hall–Kier alpha value is -3.64. The highest BCUT2D eigenvalue weighted by Gasteiger charge is 2.45. The van der Waals surface area contributed by atoms with Gasteiger partial charge in [-0.1, -0.05) is 23.7 Å². The van der Waals surface area contributed by atoms with Crippen LogP contribution in [0.15, 0.2) is 52.1 Å². The molecule has 13 heteroatoms. The molecular weight excluding hydrogens is 517 g/mol. The summed E-state index contributed by atoms with van der Waals surface area (Å²) in [4.78, 5) is 30.1. The van der Waals surface area contributed by atoms with Gasteiger partial charge in [0.25, 0.3) is 11.9 Å². The van der Waals surface area contributed by atoms with Gasteiger partial charge in [0.2, 0.25) is 0 Å². The molecule has 0 saturated heterocycles. The molecule has 3 heterocycles. The molecule has 1 N–H and O–H groups in total. The summed E-state index contributed by atoms with van der Waals surface area (Å²) in [5.74, 6) is 0.0659. The van der Waals surface area contributed by atoms with Crippen molar-refractivity contribution in [3.63, 3.8) is 0 Å². The smallest absolute Gasteiger partial charge is 0.452 e. The van der Waals surface area contributed by atoms with E-state index in [4.69, 9.17) is 16.3 Å². The summed E-state index contributed by atoms with van der Waals surface area (Å²) in [6.07, 6.45) is -5.58. The van der Waals surface area contributed by atoms with Crippen LogP contribution in [-0.2, 0) is 26.7 Å². The van der Waals surface area contributed by atoms with Gasteiger partial charge in [-0.05, 0) is 36.2 Å². The molecule has 3 aromatic rings. The number of rotatable bonds is 6. The van der Waals surface area contributed by atoms with Crippen molar-refractivity contribution in [1.82, 2.24) is 9.13 Å². The fourth-order valence-electron chi connectivity index (χ4n) is 4.62. The summed E-state index contributed by atoms with van der Waals surface area (Å²) in [5, 5.41) is 9.78. The summed E-state index contributed by atoms with van der Waals surface area (Å²) in [7, 11) is 1.54. The standard InChI is InChI=1S/C24H22ClF3N4O5/c1-29-20-19(21(34)30(22(29)35)9-2-10-33)31(12-14-3-6-16(25)7-4-14)23-32(20)13-15-5-8-17(11-18(15)36-23)37-24(26,27)28/h3-8,11,23,33H,2,9-10,12-13H2,1H3. The number of nitrogens with zero attached hydrogens (tertiary/aromatic N) is 4. The summed E-state index contributed by atoms with van der Waals surface area (Å²) in [5.41, 5.74) is 0.449. The number of hydrogen-bond acceptors (Lipinski definition) is 7. The second-order valence-corrected chi connectivity index (χ2v) is 9.13. The zero-order valence-corrected chi connectivity index (χ0v) is 20.3. The van der Waals surface area contributed by atoms with E-state index in [0.717, 1.165) is 16.2 Å². The van der Waals surface area contributed by atoms with Gasteiger partial charge in [-0.25, -0.2) is 4.79 Å². The molecule has 0 spiro atoms. The van der Waals surface area contributed by atoms with Crippen LogP contribution in [0, 0.1) is 0 Å². The third kappa shape index (κ3) is 4.62. The third-order valence-electron chi connectivity index (χ3n) is 6.24. The lowest BCUT2D eigenvalue weighted by atomic mass is 10.1. The number of benzene rings is 2. The Bertz CT molecular complexity index is 1450. The van der Waals surface area contributed by atoms with Crippen LogP contribution in [0.2, 0.25) is 5.02 Å². The van der Waals surface area contributed by atoms with Crippen LogP contribution < -0.4 is 30.5 Å². The van der Waals surface area contributed by atoms with E-state index < -0.39 is 29.7 Å². The first-order valence-electron chi connectivity index (χ1n) is 11.3. The van der Waals surface area contributed by atoms with Gasteiger partial charge >= 0.3 is 12.1 Å². The molecule has 2 aliphatic rings. The molecule has 0 radical (unpaired) electrons. The highest BCUT2D eigenvalue weighted by molar-refractivity contribution is 6.30. The van der Waals surface area contributed by atoms with Crippen LogP contribution in [0.25, 0.3) is 0 Å². The van der Waals surface area contributed by atoms with Crippen LogP contribution in [0.5, 0.6) is 11.5 Å². The maximum Gasteiger partial charge on any atom is 0.573 e. The number of ether oxygens (including phenoxy) is 2. The van der Waals surface area contributed by atoms with Gasteiger partial charge in [0, 0.05) is 43.4 Å². The largest absolute Gasteiger partial charge is 0.573 e. The predicted molar refractivity (Wildman–Crippen MR) is 129 cm³/mol. The van der Waals surface area contributed by atoms with E-state index in [-0.39, 0.29) is 44.1 Å². The highest BCUT2D eigenvalue weighted by atomic mass is 35.5. The molecule has 0 saturated carbocycles. The number of alkyl halides is 3. The average Bonchev–Trinajstić information content (AvgIpc) is 3.15. The normalized spacial score (nSPS) is 16.2. The van der Waals surface area contributed by atoms with Gasteiger partial charge in [-0.3, -0.25) is 18.8 Å². The topological polar surface area (TPSA) is 89.2 Å². The van der Waals surface area contributed by atoms with Gasteiger partial charge in [0.1, 0.15) is 23.0 Å². The summed E-state index contributed by atoms with van der Waals surface area (Å²) in [6, 6.07) is 10.8. The lowest BCUT2D eigenvalue weighted by Crippen LogP contribution is -2.50.